The van der Waals surface area contributed by atoms with Crippen molar-refractivity contribution < 1.29 is 9.53 Å². The molecule has 0 aliphatic carbocycles. The van der Waals surface area contributed by atoms with Crippen molar-refractivity contribution in [2.45, 2.75) is 45.7 Å². The van der Waals surface area contributed by atoms with Gasteiger partial charge >= 0.3 is 0 Å². The molecule has 1 aromatic rings. The molecule has 1 aliphatic heterocycles. The highest BCUT2D eigenvalue weighted by Crippen LogP contribution is 2.22. The van der Waals surface area contributed by atoms with Crippen molar-refractivity contribution in [1.29, 1.82) is 0 Å². The second-order valence-corrected chi connectivity index (χ2v) is 6.90. The molecule has 1 aromatic carbocycles. The van der Waals surface area contributed by atoms with Gasteiger partial charge in [0.25, 0.3) is 0 Å². The largest absolute Gasteiger partial charge is 0.491 e. The van der Waals surface area contributed by atoms with Gasteiger partial charge in [0.2, 0.25) is 5.91 Å². The molecule has 5 nitrogen and oxygen atoms in total. The van der Waals surface area contributed by atoms with Crippen LogP contribution in [0.3, 0.4) is 0 Å². The molecule has 0 spiro atoms. The van der Waals surface area contributed by atoms with Crippen LogP contribution < -0.4 is 15.4 Å². The second kappa shape index (κ2) is 9.04. The second-order valence-electron chi connectivity index (χ2n) is 6.90. The Morgan fingerprint density at radius 3 is 2.58 bits per heavy atom. The number of para-hydroxylation sites is 1. The van der Waals surface area contributed by atoms with Gasteiger partial charge in [0.05, 0.1) is 12.6 Å². The summed E-state index contributed by atoms with van der Waals surface area (Å²) >= 11 is 0. The number of carbonyl (C=O) groups is 1. The fourth-order valence-corrected chi connectivity index (χ4v) is 3.20. The number of ether oxygens (including phenoxy) is 1. The molecule has 1 heterocycles. The van der Waals surface area contributed by atoms with Crippen LogP contribution in [0.1, 0.15) is 30.9 Å². The van der Waals surface area contributed by atoms with Gasteiger partial charge in [-0.05, 0) is 64.9 Å². The number of nitrogens with one attached hydrogen (secondary N) is 2. The summed E-state index contributed by atoms with van der Waals surface area (Å²) < 4.78 is 5.91. The van der Waals surface area contributed by atoms with Crippen LogP contribution in [0.15, 0.2) is 18.2 Å². The van der Waals surface area contributed by atoms with Gasteiger partial charge in [0.15, 0.2) is 0 Å². The Balaban J connectivity index is 1.75. The van der Waals surface area contributed by atoms with E-state index in [1.807, 2.05) is 46.0 Å². The lowest BCUT2D eigenvalue weighted by molar-refractivity contribution is -0.123. The number of benzene rings is 1. The highest BCUT2D eigenvalue weighted by atomic mass is 16.5. The number of amides is 1. The zero-order chi connectivity index (χ0) is 17.5. The molecule has 1 unspecified atom stereocenters. The van der Waals surface area contributed by atoms with Crippen LogP contribution in [0.5, 0.6) is 5.75 Å². The molecule has 5 heteroatoms. The topological polar surface area (TPSA) is 53.6 Å². The SMILES string of the molecule is Cc1cccc(C)c1OCC(C)NC(=O)CN(C)C1CCNCC1. The Labute approximate surface area is 145 Å². The van der Waals surface area contributed by atoms with Crippen LogP contribution in [0, 0.1) is 13.8 Å². The molecule has 0 radical (unpaired) electrons. The normalized spacial score (nSPS) is 16.9. The molecule has 0 bridgehead atoms. The number of rotatable bonds is 7. The van der Waals surface area contributed by atoms with Crippen molar-refractivity contribution >= 4 is 5.91 Å². The standard InChI is InChI=1S/C19H31N3O2/c1-14-6-5-7-15(2)19(14)24-13-16(3)21-18(23)12-22(4)17-8-10-20-11-9-17/h5-7,16-17,20H,8-13H2,1-4H3,(H,21,23). The molecule has 24 heavy (non-hydrogen) atoms. The maximum Gasteiger partial charge on any atom is 0.234 e. The van der Waals surface area contributed by atoms with Crippen LogP contribution in [0.2, 0.25) is 0 Å². The summed E-state index contributed by atoms with van der Waals surface area (Å²) in [6.07, 6.45) is 2.21. The first kappa shape index (κ1) is 18.7. The van der Waals surface area contributed by atoms with Crippen molar-refractivity contribution in [3.05, 3.63) is 29.3 Å². The Hall–Kier alpha value is -1.59. The highest BCUT2D eigenvalue weighted by molar-refractivity contribution is 5.78. The summed E-state index contributed by atoms with van der Waals surface area (Å²) in [4.78, 5) is 14.4. The average molecular weight is 333 g/mol. The van der Waals surface area contributed by atoms with Gasteiger partial charge in [-0.2, -0.15) is 0 Å². The number of nitrogens with zero attached hydrogens (tertiary/aromatic N) is 1. The lowest BCUT2D eigenvalue weighted by atomic mass is 10.1. The maximum absolute atomic E-state index is 12.2. The van der Waals surface area contributed by atoms with Crippen molar-refractivity contribution in [2.24, 2.45) is 0 Å². The van der Waals surface area contributed by atoms with Gasteiger partial charge in [-0.15, -0.1) is 0 Å². The fraction of sp³-hybridized carbons (Fsp3) is 0.632. The third-order valence-electron chi connectivity index (χ3n) is 4.62. The molecule has 0 aromatic heterocycles. The highest BCUT2D eigenvalue weighted by Gasteiger charge is 2.20. The first-order chi connectivity index (χ1) is 11.5. The number of carbonyl (C=O) groups excluding carboxylic acids is 1. The van der Waals surface area contributed by atoms with Crippen molar-refractivity contribution in [2.75, 3.05) is 33.3 Å². The molecule has 2 N–H and O–H groups in total. The molecule has 1 aliphatic rings. The summed E-state index contributed by atoms with van der Waals surface area (Å²) in [5.74, 6) is 0.985. The van der Waals surface area contributed by atoms with E-state index in [-0.39, 0.29) is 11.9 Å². The van der Waals surface area contributed by atoms with E-state index in [0.29, 0.717) is 19.2 Å². The van der Waals surface area contributed by atoms with Crippen LogP contribution in [-0.2, 0) is 4.79 Å². The van der Waals surface area contributed by atoms with Gasteiger partial charge < -0.3 is 15.4 Å². The van der Waals surface area contributed by atoms with Crippen molar-refractivity contribution in [3.8, 4) is 5.75 Å². The van der Waals surface area contributed by atoms with Crippen LogP contribution in [0.25, 0.3) is 0 Å². The van der Waals surface area contributed by atoms with Crippen LogP contribution >= 0.6 is 0 Å². The molecule has 0 saturated carbocycles. The summed E-state index contributed by atoms with van der Waals surface area (Å²) in [5, 5.41) is 6.39. The van der Waals surface area contributed by atoms with E-state index in [9.17, 15) is 4.79 Å². The number of likely N-dealkylation sites (N-methyl/N-ethyl adjacent to an activating group) is 1. The summed E-state index contributed by atoms with van der Waals surface area (Å²) in [6, 6.07) is 6.59. The van der Waals surface area contributed by atoms with E-state index >= 15 is 0 Å². The summed E-state index contributed by atoms with van der Waals surface area (Å²) in [6.45, 7) is 9.06. The van der Waals surface area contributed by atoms with E-state index in [0.717, 1.165) is 42.8 Å². The third-order valence-corrected chi connectivity index (χ3v) is 4.62. The molecular weight excluding hydrogens is 302 g/mol. The molecule has 1 atom stereocenters. The lowest BCUT2D eigenvalue weighted by Crippen LogP contribution is -2.47. The Bertz CT molecular complexity index is 521. The van der Waals surface area contributed by atoms with Crippen LogP contribution in [-0.4, -0.2) is 56.2 Å². The molecule has 1 saturated heterocycles. The molecule has 2 rings (SSSR count). The first-order valence-corrected chi connectivity index (χ1v) is 8.86. The van der Waals surface area contributed by atoms with Gasteiger partial charge in [-0.3, -0.25) is 9.69 Å². The minimum atomic E-state index is -0.0158. The van der Waals surface area contributed by atoms with E-state index in [1.54, 1.807) is 0 Å². The minimum Gasteiger partial charge on any atom is -0.491 e. The fourth-order valence-electron chi connectivity index (χ4n) is 3.20. The Kier molecular flexibility index (Phi) is 7.06. The lowest BCUT2D eigenvalue weighted by Gasteiger charge is -2.31. The predicted molar refractivity (Wildman–Crippen MR) is 97.5 cm³/mol. The van der Waals surface area contributed by atoms with Gasteiger partial charge in [0.1, 0.15) is 12.4 Å². The monoisotopic (exact) mass is 333 g/mol. The van der Waals surface area contributed by atoms with Crippen molar-refractivity contribution in [3.63, 3.8) is 0 Å². The average Bonchev–Trinajstić information content (AvgIpc) is 2.55. The smallest absolute Gasteiger partial charge is 0.234 e. The Morgan fingerprint density at radius 1 is 1.33 bits per heavy atom. The predicted octanol–water partition coefficient (Wildman–Crippen LogP) is 1.87. The number of aryl methyl sites for hydroxylation is 2. The maximum atomic E-state index is 12.2. The zero-order valence-electron chi connectivity index (χ0n) is 15.4. The van der Waals surface area contributed by atoms with E-state index in [1.165, 1.54) is 0 Å². The quantitative estimate of drug-likeness (QED) is 0.800. The molecule has 134 valence electrons. The number of hydrogen-bond donors (Lipinski definition) is 2. The zero-order valence-corrected chi connectivity index (χ0v) is 15.4. The third kappa shape index (κ3) is 5.49. The van der Waals surface area contributed by atoms with Gasteiger partial charge in [-0.25, -0.2) is 0 Å². The van der Waals surface area contributed by atoms with Gasteiger partial charge in [-0.1, -0.05) is 18.2 Å². The van der Waals surface area contributed by atoms with E-state index in [4.69, 9.17) is 4.74 Å². The summed E-state index contributed by atoms with van der Waals surface area (Å²) in [7, 11) is 2.04. The van der Waals surface area contributed by atoms with Gasteiger partial charge in [0, 0.05) is 6.04 Å². The molecular formula is C19H31N3O2. The van der Waals surface area contributed by atoms with E-state index < -0.39 is 0 Å². The Morgan fingerprint density at radius 2 is 1.96 bits per heavy atom. The number of piperidine rings is 1. The first-order valence-electron chi connectivity index (χ1n) is 8.86. The summed E-state index contributed by atoms with van der Waals surface area (Å²) in [5.41, 5.74) is 2.25. The van der Waals surface area contributed by atoms with Crippen molar-refractivity contribution in [1.82, 2.24) is 15.5 Å². The molecule has 1 amide bonds. The number of hydrogen-bond acceptors (Lipinski definition) is 4. The van der Waals surface area contributed by atoms with Crippen LogP contribution in [0.4, 0.5) is 0 Å². The molecule has 1 fully saturated rings. The minimum absolute atomic E-state index is 0.0158. The van der Waals surface area contributed by atoms with E-state index in [2.05, 4.69) is 15.5 Å².